The third-order valence-electron chi connectivity index (χ3n) is 4.29. The van der Waals surface area contributed by atoms with Crippen LogP contribution in [0.5, 0.6) is 5.75 Å². The van der Waals surface area contributed by atoms with Gasteiger partial charge in [0.15, 0.2) is 0 Å². The fourth-order valence-corrected chi connectivity index (χ4v) is 2.98. The minimum absolute atomic E-state index is 0.127. The Kier molecular flexibility index (Phi) is 3.59. The van der Waals surface area contributed by atoms with Crippen LogP contribution < -0.4 is 10.1 Å². The molecule has 3 rings (SSSR count). The van der Waals surface area contributed by atoms with Crippen molar-refractivity contribution < 1.29 is 9.84 Å². The van der Waals surface area contributed by atoms with Crippen molar-refractivity contribution in [1.29, 1.82) is 0 Å². The molecule has 4 heteroatoms. The Balaban J connectivity index is 1.81. The number of ether oxygens (including phenoxy) is 1. The van der Waals surface area contributed by atoms with E-state index < -0.39 is 0 Å². The van der Waals surface area contributed by atoms with Gasteiger partial charge in [0, 0.05) is 23.5 Å². The summed E-state index contributed by atoms with van der Waals surface area (Å²) in [5.74, 6) is 0.831. The summed E-state index contributed by atoms with van der Waals surface area (Å²) in [5, 5.41) is 13.9. The van der Waals surface area contributed by atoms with Gasteiger partial charge in [-0.25, -0.2) is 0 Å². The molecule has 2 N–H and O–H groups in total. The molecule has 1 aromatic heterocycles. The summed E-state index contributed by atoms with van der Waals surface area (Å²) in [6, 6.07) is 9.96. The number of likely N-dealkylation sites (N-methyl/N-ethyl adjacent to an activating group) is 1. The van der Waals surface area contributed by atoms with E-state index in [9.17, 15) is 5.11 Å². The Hall–Kier alpha value is -1.65. The Morgan fingerprint density at radius 3 is 3.00 bits per heavy atom. The van der Waals surface area contributed by atoms with Crippen molar-refractivity contribution in [2.24, 2.45) is 0 Å². The van der Waals surface area contributed by atoms with Crippen LogP contribution >= 0.6 is 0 Å². The molecule has 4 nitrogen and oxygen atoms in total. The fourth-order valence-electron chi connectivity index (χ4n) is 2.98. The molecule has 1 aromatic carbocycles. The number of para-hydroxylation sites is 1. The Labute approximate surface area is 118 Å². The monoisotopic (exact) mass is 272 g/mol. The van der Waals surface area contributed by atoms with Crippen molar-refractivity contribution >= 4 is 10.9 Å². The lowest BCUT2D eigenvalue weighted by molar-refractivity contribution is 0.147. The Bertz CT molecular complexity index is 591. The zero-order chi connectivity index (χ0) is 14.0. The summed E-state index contributed by atoms with van der Waals surface area (Å²) in [5.41, 5.74) is 0.712. The number of fused-ring (bicyclic) bond motifs is 1. The van der Waals surface area contributed by atoms with Gasteiger partial charge in [-0.05, 0) is 32.0 Å². The number of aromatic nitrogens is 1. The van der Waals surface area contributed by atoms with Crippen LogP contribution in [0.15, 0.2) is 36.5 Å². The summed E-state index contributed by atoms with van der Waals surface area (Å²) < 4.78 is 6.13. The third kappa shape index (κ3) is 2.37. The van der Waals surface area contributed by atoms with Crippen LogP contribution in [0.1, 0.15) is 19.3 Å². The van der Waals surface area contributed by atoms with Crippen LogP contribution in [-0.4, -0.2) is 35.4 Å². The summed E-state index contributed by atoms with van der Waals surface area (Å²) in [7, 11) is 1.90. The third-order valence-corrected chi connectivity index (χ3v) is 4.29. The van der Waals surface area contributed by atoms with Gasteiger partial charge in [-0.2, -0.15) is 0 Å². The molecule has 2 unspecified atom stereocenters. The molecule has 2 atom stereocenters. The van der Waals surface area contributed by atoms with E-state index in [1.807, 2.05) is 37.4 Å². The normalized spacial score (nSPS) is 26.0. The highest BCUT2D eigenvalue weighted by atomic mass is 16.5. The van der Waals surface area contributed by atoms with Gasteiger partial charge >= 0.3 is 0 Å². The number of nitrogens with one attached hydrogen (secondary N) is 1. The van der Waals surface area contributed by atoms with Crippen molar-refractivity contribution in [2.45, 2.75) is 30.9 Å². The predicted octanol–water partition coefficient (Wildman–Crippen LogP) is 2.12. The Morgan fingerprint density at radius 2 is 2.25 bits per heavy atom. The quantitative estimate of drug-likeness (QED) is 0.895. The maximum absolute atomic E-state index is 9.54. The van der Waals surface area contributed by atoms with Crippen LogP contribution in [-0.2, 0) is 0 Å². The Morgan fingerprint density at radius 1 is 1.40 bits per heavy atom. The molecule has 106 valence electrons. The van der Waals surface area contributed by atoms with E-state index >= 15 is 0 Å². The second kappa shape index (κ2) is 5.38. The van der Waals surface area contributed by atoms with E-state index in [0.717, 1.165) is 35.9 Å². The number of aliphatic hydroxyl groups excluding tert-OH is 1. The molecular weight excluding hydrogens is 252 g/mol. The van der Waals surface area contributed by atoms with Crippen LogP contribution in [0.2, 0.25) is 0 Å². The average molecular weight is 272 g/mol. The first-order valence-electron chi connectivity index (χ1n) is 7.06. The smallest absolute Gasteiger partial charge is 0.145 e. The van der Waals surface area contributed by atoms with Crippen LogP contribution in [0.3, 0.4) is 0 Å². The maximum atomic E-state index is 9.54. The highest BCUT2D eigenvalue weighted by Crippen LogP contribution is 2.34. The van der Waals surface area contributed by atoms with Gasteiger partial charge < -0.3 is 15.2 Å². The first-order chi connectivity index (χ1) is 9.76. The standard InChI is InChI=1S/C16H20N2O2/c1-17-16(11-19)8-7-13(10-16)20-14-6-2-4-12-5-3-9-18-15(12)14/h2-6,9,13,17,19H,7-8,10-11H2,1H3. The molecule has 0 aliphatic heterocycles. The molecule has 1 fully saturated rings. The summed E-state index contributed by atoms with van der Waals surface area (Å²) >= 11 is 0. The van der Waals surface area contributed by atoms with Gasteiger partial charge in [0.2, 0.25) is 0 Å². The minimum atomic E-state index is -0.192. The van der Waals surface area contributed by atoms with E-state index in [1.54, 1.807) is 6.20 Å². The second-order valence-electron chi connectivity index (χ2n) is 5.50. The van der Waals surface area contributed by atoms with Crippen molar-refractivity contribution in [3.05, 3.63) is 36.5 Å². The highest BCUT2D eigenvalue weighted by molar-refractivity contribution is 5.84. The number of pyridine rings is 1. The number of nitrogens with zero attached hydrogens (tertiary/aromatic N) is 1. The van der Waals surface area contributed by atoms with Gasteiger partial charge in [-0.15, -0.1) is 0 Å². The summed E-state index contributed by atoms with van der Waals surface area (Å²) in [4.78, 5) is 4.41. The van der Waals surface area contributed by atoms with Gasteiger partial charge in [-0.1, -0.05) is 18.2 Å². The van der Waals surface area contributed by atoms with E-state index in [4.69, 9.17) is 4.74 Å². The number of aliphatic hydroxyl groups is 1. The molecule has 0 amide bonds. The van der Waals surface area contributed by atoms with E-state index in [0.29, 0.717) is 0 Å². The topological polar surface area (TPSA) is 54.4 Å². The van der Waals surface area contributed by atoms with Crippen LogP contribution in [0.4, 0.5) is 0 Å². The van der Waals surface area contributed by atoms with Crippen molar-refractivity contribution in [3.8, 4) is 5.75 Å². The van der Waals surface area contributed by atoms with Crippen molar-refractivity contribution in [1.82, 2.24) is 10.3 Å². The van der Waals surface area contributed by atoms with Gasteiger partial charge in [0.25, 0.3) is 0 Å². The fraction of sp³-hybridized carbons (Fsp3) is 0.438. The minimum Gasteiger partial charge on any atom is -0.488 e. The van der Waals surface area contributed by atoms with Crippen molar-refractivity contribution in [2.75, 3.05) is 13.7 Å². The molecule has 2 aromatic rings. The van der Waals surface area contributed by atoms with Crippen molar-refractivity contribution in [3.63, 3.8) is 0 Å². The molecule has 0 spiro atoms. The zero-order valence-corrected chi connectivity index (χ0v) is 11.7. The molecule has 1 aliphatic rings. The van der Waals surface area contributed by atoms with E-state index in [2.05, 4.69) is 10.3 Å². The molecule has 1 heterocycles. The van der Waals surface area contributed by atoms with Crippen LogP contribution in [0.25, 0.3) is 10.9 Å². The number of hydrogen-bond donors (Lipinski definition) is 2. The molecule has 20 heavy (non-hydrogen) atoms. The van der Waals surface area contributed by atoms with Gasteiger partial charge in [-0.3, -0.25) is 4.98 Å². The molecule has 0 saturated heterocycles. The number of hydrogen-bond acceptors (Lipinski definition) is 4. The van der Waals surface area contributed by atoms with E-state index in [1.165, 1.54) is 0 Å². The predicted molar refractivity (Wildman–Crippen MR) is 78.9 cm³/mol. The largest absolute Gasteiger partial charge is 0.488 e. The summed E-state index contributed by atoms with van der Waals surface area (Å²) in [6.07, 6.45) is 4.62. The van der Waals surface area contributed by atoms with Gasteiger partial charge in [0.1, 0.15) is 17.4 Å². The summed E-state index contributed by atoms with van der Waals surface area (Å²) in [6.45, 7) is 0.150. The first kappa shape index (κ1) is 13.3. The maximum Gasteiger partial charge on any atom is 0.145 e. The molecule has 1 aliphatic carbocycles. The number of benzene rings is 1. The lowest BCUT2D eigenvalue weighted by Crippen LogP contribution is -2.44. The van der Waals surface area contributed by atoms with Gasteiger partial charge in [0.05, 0.1) is 6.61 Å². The average Bonchev–Trinajstić information content (AvgIpc) is 2.92. The SMILES string of the molecule is CNC1(CO)CCC(Oc2cccc3cccnc23)C1. The molecular formula is C16H20N2O2. The molecule has 0 radical (unpaired) electrons. The number of rotatable bonds is 4. The first-order valence-corrected chi connectivity index (χ1v) is 7.06. The highest BCUT2D eigenvalue weighted by Gasteiger charge is 2.38. The lowest BCUT2D eigenvalue weighted by Gasteiger charge is -2.26. The lowest BCUT2D eigenvalue weighted by atomic mass is 9.99. The molecule has 0 bridgehead atoms. The van der Waals surface area contributed by atoms with Crippen LogP contribution in [0, 0.1) is 0 Å². The molecule has 1 saturated carbocycles. The second-order valence-corrected chi connectivity index (χ2v) is 5.50. The zero-order valence-electron chi connectivity index (χ0n) is 11.7. The van der Waals surface area contributed by atoms with E-state index in [-0.39, 0.29) is 18.2 Å².